The fourth-order valence-corrected chi connectivity index (χ4v) is 9.34. The van der Waals surface area contributed by atoms with Crippen molar-refractivity contribution in [2.45, 2.75) is 103 Å². The second kappa shape index (κ2) is 15.2. The lowest BCUT2D eigenvalue weighted by atomic mass is 9.92. The van der Waals surface area contributed by atoms with Crippen LogP contribution in [0.5, 0.6) is 0 Å². The first-order valence-corrected chi connectivity index (χ1v) is 20.9. The van der Waals surface area contributed by atoms with E-state index in [1.165, 1.54) is 0 Å². The number of H-pyrrole nitrogens is 2. The molecule has 9 rings (SSSR count). The number of hydrogen-bond acceptors (Lipinski definition) is 9. The number of benzene rings is 2. The average molecular weight is 785 g/mol. The number of nitrogens with zero attached hydrogens (tertiary/aromatic N) is 5. The normalized spacial score (nSPS) is 22.7. The Morgan fingerprint density at radius 1 is 0.897 bits per heavy atom. The van der Waals surface area contributed by atoms with Crippen LogP contribution in [0.25, 0.3) is 33.3 Å². The molecular formula is C45H56N10O3. The van der Waals surface area contributed by atoms with E-state index >= 15 is 0 Å². The van der Waals surface area contributed by atoms with Crippen molar-refractivity contribution in [3.8, 4) is 11.3 Å². The molecule has 6 heterocycles. The van der Waals surface area contributed by atoms with E-state index in [-0.39, 0.29) is 35.9 Å². The van der Waals surface area contributed by atoms with E-state index < -0.39 is 18.5 Å². The van der Waals surface area contributed by atoms with Gasteiger partial charge in [0.2, 0.25) is 12.1 Å². The lowest BCUT2D eigenvalue weighted by Gasteiger charge is -2.33. The number of fused-ring (bicyclic) bond motifs is 4. The molecule has 2 fully saturated rings. The predicted octanol–water partition coefficient (Wildman–Crippen LogP) is 6.59. The number of aromatic amines is 2. The van der Waals surface area contributed by atoms with Crippen molar-refractivity contribution in [2.75, 3.05) is 18.8 Å². The Balaban J connectivity index is 1.04. The zero-order chi connectivity index (χ0) is 40.4. The number of nitrogens with one attached hydrogen (secondary N) is 2. The number of amides is 1. The highest BCUT2D eigenvalue weighted by Crippen LogP contribution is 2.46. The number of imidazole rings is 2. The van der Waals surface area contributed by atoms with Gasteiger partial charge in [0.15, 0.2) is 0 Å². The van der Waals surface area contributed by atoms with E-state index in [0.29, 0.717) is 12.2 Å². The van der Waals surface area contributed by atoms with Gasteiger partial charge >= 0.3 is 0 Å². The standard InChI is InChI=1S/C45H56N10O3/c1-24(2)39(47)43(56)53-16-6-10-35(53)41-49-22-32(51-41)26-13-15-34-29(18-26)20-37-31-14-12-27(21-38(31)58-45(55(34)37)28-8-5-9-30(46)19-28)33-23-50-42(52-33)36-11-7-17-54(36)44(57)40(48)25(3)4/h5,8-9,13,15,18-25,35-36,39-40,43,45,56H,6-7,10-12,14,16-17,46-48H2,1-4H3,(H,49,51)(H,50,52). The zero-order valence-electron chi connectivity index (χ0n) is 33.9. The number of aliphatic hydroxyl groups is 1. The number of carbonyl (C=O) groups is 1. The highest BCUT2D eigenvalue weighted by molar-refractivity contribution is 5.91. The van der Waals surface area contributed by atoms with Crippen molar-refractivity contribution in [1.82, 2.24) is 34.3 Å². The predicted molar refractivity (Wildman–Crippen MR) is 226 cm³/mol. The third kappa shape index (κ3) is 6.73. The quantitative estimate of drug-likeness (QED) is 0.0848. The average Bonchev–Trinajstić information content (AvgIpc) is 4.07. The Bertz CT molecular complexity index is 2400. The first-order chi connectivity index (χ1) is 28.0. The maximum absolute atomic E-state index is 13.3. The SMILES string of the molecule is CC(C)C(N)C(=O)N1CCCC1c1ncc(C2=CC3=C(CC2)c2cc4cc(-c5cnc(C6CCCN6C(O)C(N)C(C)C)[nH]5)ccc4n2C(c2cccc(N)c2)O3)[nH]1. The van der Waals surface area contributed by atoms with E-state index in [9.17, 15) is 9.90 Å². The summed E-state index contributed by atoms with van der Waals surface area (Å²) in [5.74, 6) is 2.70. The van der Waals surface area contributed by atoms with Gasteiger partial charge in [-0.15, -0.1) is 0 Å². The Labute approximate surface area is 339 Å². The summed E-state index contributed by atoms with van der Waals surface area (Å²) in [5, 5.41) is 12.2. The molecule has 0 bridgehead atoms. The van der Waals surface area contributed by atoms with Crippen LogP contribution in [0, 0.1) is 11.8 Å². The minimum Gasteiger partial charge on any atom is -0.466 e. The van der Waals surface area contributed by atoms with Gasteiger partial charge in [0.05, 0.1) is 53.1 Å². The molecule has 0 radical (unpaired) electrons. The van der Waals surface area contributed by atoms with Gasteiger partial charge in [0.25, 0.3) is 0 Å². The molecule has 1 aliphatic carbocycles. The molecule has 5 aromatic rings. The van der Waals surface area contributed by atoms with E-state index in [0.717, 1.165) is 113 Å². The van der Waals surface area contributed by atoms with Crippen LogP contribution in [0.1, 0.15) is 113 Å². The minimum absolute atomic E-state index is 0.0126. The number of anilines is 1. The monoisotopic (exact) mass is 784 g/mol. The number of hydrogen-bond donors (Lipinski definition) is 6. The van der Waals surface area contributed by atoms with Crippen molar-refractivity contribution >= 4 is 33.6 Å². The van der Waals surface area contributed by atoms with Crippen LogP contribution >= 0.6 is 0 Å². The number of nitrogens with two attached hydrogens (primary N) is 3. The van der Waals surface area contributed by atoms with Crippen molar-refractivity contribution < 1.29 is 14.6 Å². The number of ether oxygens (including phenoxy) is 1. The van der Waals surface area contributed by atoms with Gasteiger partial charge in [-0.25, -0.2) is 9.97 Å². The highest BCUT2D eigenvalue weighted by atomic mass is 16.5. The number of aliphatic hydroxyl groups excluding tert-OH is 1. The first-order valence-electron chi connectivity index (χ1n) is 20.9. The molecule has 6 atom stereocenters. The van der Waals surface area contributed by atoms with Crippen LogP contribution in [0.3, 0.4) is 0 Å². The van der Waals surface area contributed by atoms with Crippen LogP contribution in [0.2, 0.25) is 0 Å². The van der Waals surface area contributed by atoms with Gasteiger partial charge in [0.1, 0.15) is 23.6 Å². The summed E-state index contributed by atoms with van der Waals surface area (Å²) in [7, 11) is 0. The summed E-state index contributed by atoms with van der Waals surface area (Å²) in [4.78, 5) is 34.1. The second-order valence-electron chi connectivity index (χ2n) is 17.3. The van der Waals surface area contributed by atoms with E-state index in [4.69, 9.17) is 31.9 Å². The number of rotatable bonds is 10. The van der Waals surface area contributed by atoms with Crippen molar-refractivity contribution in [1.29, 1.82) is 0 Å². The minimum atomic E-state index is -0.726. The Kier molecular flexibility index (Phi) is 10.0. The summed E-state index contributed by atoms with van der Waals surface area (Å²) in [5.41, 5.74) is 28.0. The van der Waals surface area contributed by atoms with Gasteiger partial charge in [-0.1, -0.05) is 45.9 Å². The number of aromatic nitrogens is 5. The van der Waals surface area contributed by atoms with Crippen LogP contribution in [0.15, 0.2) is 72.8 Å². The molecule has 4 aliphatic rings. The van der Waals surface area contributed by atoms with Gasteiger partial charge in [-0.3, -0.25) is 9.69 Å². The maximum Gasteiger partial charge on any atom is 0.240 e. The number of allylic oxidation sites excluding steroid dienone is 3. The molecule has 1 amide bonds. The van der Waals surface area contributed by atoms with E-state index in [1.807, 2.05) is 63.2 Å². The molecule has 9 N–H and O–H groups in total. The van der Waals surface area contributed by atoms with E-state index in [2.05, 4.69) is 55.8 Å². The molecule has 13 nitrogen and oxygen atoms in total. The van der Waals surface area contributed by atoms with Gasteiger partial charge in [-0.05, 0) is 92.3 Å². The maximum atomic E-state index is 13.3. The smallest absolute Gasteiger partial charge is 0.240 e. The third-order valence-electron chi connectivity index (χ3n) is 12.8. The Morgan fingerprint density at radius 3 is 2.41 bits per heavy atom. The summed E-state index contributed by atoms with van der Waals surface area (Å²) < 4.78 is 9.27. The number of carbonyl (C=O) groups excluding carboxylic acids is 1. The fourth-order valence-electron chi connectivity index (χ4n) is 9.34. The molecule has 13 heteroatoms. The van der Waals surface area contributed by atoms with Crippen LogP contribution in [-0.4, -0.2) is 76.7 Å². The highest BCUT2D eigenvalue weighted by Gasteiger charge is 2.38. The van der Waals surface area contributed by atoms with Crippen molar-refractivity contribution in [2.24, 2.45) is 23.3 Å². The molecule has 58 heavy (non-hydrogen) atoms. The largest absolute Gasteiger partial charge is 0.466 e. The molecule has 2 saturated heterocycles. The molecule has 6 unspecified atom stereocenters. The summed E-state index contributed by atoms with van der Waals surface area (Å²) in [6.45, 7) is 9.53. The molecule has 2 aromatic carbocycles. The topological polar surface area (TPSA) is 193 Å². The lowest BCUT2D eigenvalue weighted by Crippen LogP contribution is -2.50. The van der Waals surface area contributed by atoms with Crippen LogP contribution < -0.4 is 17.2 Å². The van der Waals surface area contributed by atoms with Gasteiger partial charge in [0, 0.05) is 46.9 Å². The number of likely N-dealkylation sites (tertiary alicyclic amines) is 2. The molecule has 3 aliphatic heterocycles. The Hall–Kier alpha value is -5.21. The van der Waals surface area contributed by atoms with E-state index in [1.54, 1.807) is 0 Å². The molecule has 3 aromatic heterocycles. The summed E-state index contributed by atoms with van der Waals surface area (Å²) in [6.07, 6.45) is 10.0. The van der Waals surface area contributed by atoms with Crippen LogP contribution in [0.4, 0.5) is 5.69 Å². The summed E-state index contributed by atoms with van der Waals surface area (Å²) in [6, 6.07) is 15.7. The summed E-state index contributed by atoms with van der Waals surface area (Å²) >= 11 is 0. The first kappa shape index (κ1) is 38.3. The lowest BCUT2D eigenvalue weighted by molar-refractivity contribution is -0.134. The number of nitrogen functional groups attached to an aromatic ring is 1. The van der Waals surface area contributed by atoms with Crippen LogP contribution in [-0.2, 0) is 9.53 Å². The molecule has 0 spiro atoms. The molecule has 304 valence electrons. The van der Waals surface area contributed by atoms with Gasteiger partial charge < -0.3 is 46.5 Å². The van der Waals surface area contributed by atoms with Crippen molar-refractivity contribution in [3.05, 3.63) is 101 Å². The second-order valence-corrected chi connectivity index (χ2v) is 17.3. The Morgan fingerprint density at radius 2 is 1.64 bits per heavy atom. The third-order valence-corrected chi connectivity index (χ3v) is 12.8. The van der Waals surface area contributed by atoms with Crippen molar-refractivity contribution in [3.63, 3.8) is 0 Å². The van der Waals surface area contributed by atoms with Gasteiger partial charge in [-0.2, -0.15) is 0 Å². The molecular weight excluding hydrogens is 729 g/mol. The fraction of sp³-hybridized carbons (Fsp3) is 0.444. The zero-order valence-corrected chi connectivity index (χ0v) is 33.9. The molecule has 0 saturated carbocycles.